The fourth-order valence-corrected chi connectivity index (χ4v) is 1.07. The van der Waals surface area contributed by atoms with E-state index in [1.54, 1.807) is 0 Å². The summed E-state index contributed by atoms with van der Waals surface area (Å²) in [6.07, 6.45) is 0.604. The molecule has 2 N–H and O–H groups in total. The normalized spacial score (nSPS) is 23.4. The minimum absolute atomic E-state index is 0.143. The van der Waals surface area contributed by atoms with Gasteiger partial charge in [-0.25, -0.2) is 0 Å². The maximum absolute atomic E-state index is 10.7. The van der Waals surface area contributed by atoms with Gasteiger partial charge in [-0.2, -0.15) is 0 Å². The van der Waals surface area contributed by atoms with Crippen LogP contribution >= 0.6 is 0 Å². The number of rotatable bonds is 3. The molecule has 1 saturated heterocycles. The van der Waals surface area contributed by atoms with Gasteiger partial charge in [0.2, 0.25) is 5.91 Å². The monoisotopic (exact) mass is 154 g/mol. The van der Waals surface area contributed by atoms with Crippen LogP contribution in [0.25, 0.3) is 0 Å². The summed E-state index contributed by atoms with van der Waals surface area (Å²) in [6, 6.07) is 0.305. The molecule has 1 heterocycles. The minimum Gasteiger partial charge on any atom is -0.354 e. The second-order valence-corrected chi connectivity index (χ2v) is 3.04. The molecule has 3 heteroatoms. The van der Waals surface area contributed by atoms with E-state index in [-0.39, 0.29) is 5.91 Å². The quantitative estimate of drug-likeness (QED) is 0.563. The maximum atomic E-state index is 10.7. The lowest BCUT2D eigenvalue weighted by molar-refractivity contribution is -0.119. The van der Waals surface area contributed by atoms with Gasteiger partial charge in [0.15, 0.2) is 0 Å². The summed E-state index contributed by atoms with van der Waals surface area (Å²) >= 11 is 0. The Bertz CT molecular complexity index is 177. The molecule has 0 saturated carbocycles. The molecule has 1 aliphatic rings. The Balaban J connectivity index is 2.18. The Kier molecular flexibility index (Phi) is 2.65. The fraction of sp³-hybridized carbons (Fsp3) is 0.625. The van der Waals surface area contributed by atoms with Gasteiger partial charge in [0.25, 0.3) is 0 Å². The molecule has 0 aromatic heterocycles. The van der Waals surface area contributed by atoms with Crippen molar-refractivity contribution in [3.63, 3.8) is 0 Å². The molecular weight excluding hydrogens is 140 g/mol. The molecule has 1 rings (SSSR count). The minimum atomic E-state index is 0.143. The summed E-state index contributed by atoms with van der Waals surface area (Å²) in [7, 11) is 0. The van der Waals surface area contributed by atoms with Crippen molar-refractivity contribution in [1.82, 2.24) is 10.6 Å². The Hall–Kier alpha value is -0.830. The highest BCUT2D eigenvalue weighted by atomic mass is 16.1. The van der Waals surface area contributed by atoms with E-state index in [9.17, 15) is 4.79 Å². The van der Waals surface area contributed by atoms with Crippen LogP contribution in [0, 0.1) is 0 Å². The number of carbonyl (C=O) groups is 1. The number of amides is 1. The predicted octanol–water partition coefficient (Wildman–Crippen LogP) is 0.0406. The third-order valence-corrected chi connectivity index (χ3v) is 1.67. The average Bonchev–Trinajstić information content (AvgIpc) is 2.31. The summed E-state index contributed by atoms with van der Waals surface area (Å²) < 4.78 is 0. The van der Waals surface area contributed by atoms with Crippen molar-refractivity contribution in [2.24, 2.45) is 0 Å². The molecule has 11 heavy (non-hydrogen) atoms. The zero-order valence-corrected chi connectivity index (χ0v) is 6.81. The van der Waals surface area contributed by atoms with Crippen molar-refractivity contribution in [2.45, 2.75) is 19.4 Å². The van der Waals surface area contributed by atoms with E-state index in [0.717, 1.165) is 18.7 Å². The van der Waals surface area contributed by atoms with Crippen LogP contribution in [-0.4, -0.2) is 25.0 Å². The molecule has 0 aliphatic carbocycles. The van der Waals surface area contributed by atoms with Crippen LogP contribution in [0.1, 0.15) is 13.3 Å². The predicted molar refractivity (Wildman–Crippen MR) is 44.2 cm³/mol. The first-order valence-electron chi connectivity index (χ1n) is 3.83. The lowest BCUT2D eigenvalue weighted by Crippen LogP contribution is -2.31. The molecule has 3 nitrogen and oxygen atoms in total. The van der Waals surface area contributed by atoms with Gasteiger partial charge in [0.05, 0.1) is 0 Å². The molecule has 1 unspecified atom stereocenters. The largest absolute Gasteiger partial charge is 0.354 e. The first kappa shape index (κ1) is 8.27. The van der Waals surface area contributed by atoms with Crippen LogP contribution in [0.15, 0.2) is 12.2 Å². The standard InChI is InChI=1S/C8H14N2O/c1-6(2)4-9-7-3-8(11)10-5-7/h7,9H,1,3-5H2,2H3,(H,10,11). The highest BCUT2D eigenvalue weighted by molar-refractivity contribution is 5.78. The zero-order valence-electron chi connectivity index (χ0n) is 6.81. The van der Waals surface area contributed by atoms with Crippen molar-refractivity contribution >= 4 is 5.91 Å². The smallest absolute Gasteiger partial charge is 0.221 e. The molecule has 0 bridgehead atoms. The van der Waals surface area contributed by atoms with Gasteiger partial charge in [-0.15, -0.1) is 0 Å². The molecule has 1 amide bonds. The van der Waals surface area contributed by atoms with Crippen molar-refractivity contribution < 1.29 is 4.79 Å². The number of hydrogen-bond donors (Lipinski definition) is 2. The SMILES string of the molecule is C=C(C)CNC1CNC(=O)C1. The molecule has 1 aliphatic heterocycles. The lowest BCUT2D eigenvalue weighted by atomic mass is 10.2. The van der Waals surface area contributed by atoms with Gasteiger partial charge in [0, 0.05) is 25.6 Å². The van der Waals surface area contributed by atoms with Crippen LogP contribution in [-0.2, 0) is 4.79 Å². The van der Waals surface area contributed by atoms with Crippen LogP contribution in [0.4, 0.5) is 0 Å². The molecule has 0 aromatic carbocycles. The summed E-state index contributed by atoms with van der Waals surface area (Å²) in [5.74, 6) is 0.143. The molecule has 0 radical (unpaired) electrons. The van der Waals surface area contributed by atoms with E-state index in [4.69, 9.17) is 0 Å². The van der Waals surface area contributed by atoms with E-state index in [2.05, 4.69) is 17.2 Å². The van der Waals surface area contributed by atoms with Gasteiger partial charge < -0.3 is 10.6 Å². The van der Waals surface area contributed by atoms with Crippen molar-refractivity contribution in [3.8, 4) is 0 Å². The van der Waals surface area contributed by atoms with Gasteiger partial charge in [-0.3, -0.25) is 4.79 Å². The Morgan fingerprint density at radius 3 is 3.09 bits per heavy atom. The van der Waals surface area contributed by atoms with E-state index in [0.29, 0.717) is 12.5 Å². The summed E-state index contributed by atoms with van der Waals surface area (Å²) in [4.78, 5) is 10.7. The first-order valence-corrected chi connectivity index (χ1v) is 3.83. The third-order valence-electron chi connectivity index (χ3n) is 1.67. The highest BCUT2D eigenvalue weighted by Gasteiger charge is 2.19. The van der Waals surface area contributed by atoms with Crippen molar-refractivity contribution in [2.75, 3.05) is 13.1 Å². The van der Waals surface area contributed by atoms with Crippen LogP contribution in [0.5, 0.6) is 0 Å². The van der Waals surface area contributed by atoms with Gasteiger partial charge in [0.1, 0.15) is 0 Å². The van der Waals surface area contributed by atoms with Crippen LogP contribution in [0.2, 0.25) is 0 Å². The van der Waals surface area contributed by atoms with E-state index in [1.165, 1.54) is 0 Å². The first-order chi connectivity index (χ1) is 5.18. The second kappa shape index (κ2) is 3.53. The summed E-state index contributed by atoms with van der Waals surface area (Å²) in [5, 5.41) is 5.99. The zero-order chi connectivity index (χ0) is 8.27. The molecule has 62 valence electrons. The van der Waals surface area contributed by atoms with E-state index < -0.39 is 0 Å². The average molecular weight is 154 g/mol. The number of hydrogen-bond acceptors (Lipinski definition) is 2. The third kappa shape index (κ3) is 2.72. The van der Waals surface area contributed by atoms with E-state index in [1.807, 2.05) is 6.92 Å². The van der Waals surface area contributed by atoms with Crippen LogP contribution in [0.3, 0.4) is 0 Å². The van der Waals surface area contributed by atoms with Crippen molar-refractivity contribution in [3.05, 3.63) is 12.2 Å². The molecule has 1 atom stereocenters. The number of carbonyl (C=O) groups excluding carboxylic acids is 1. The molecule has 1 fully saturated rings. The Morgan fingerprint density at radius 1 is 1.91 bits per heavy atom. The molecule has 0 spiro atoms. The topological polar surface area (TPSA) is 41.1 Å². The lowest BCUT2D eigenvalue weighted by Gasteiger charge is -2.08. The maximum Gasteiger partial charge on any atom is 0.221 e. The summed E-state index contributed by atoms with van der Waals surface area (Å²) in [5.41, 5.74) is 1.10. The fourth-order valence-electron chi connectivity index (χ4n) is 1.07. The Labute approximate surface area is 66.9 Å². The van der Waals surface area contributed by atoms with Gasteiger partial charge in [-0.05, 0) is 6.92 Å². The van der Waals surface area contributed by atoms with Gasteiger partial charge >= 0.3 is 0 Å². The van der Waals surface area contributed by atoms with Crippen LogP contribution < -0.4 is 10.6 Å². The molecular formula is C8H14N2O. The highest BCUT2D eigenvalue weighted by Crippen LogP contribution is 1.99. The Morgan fingerprint density at radius 2 is 2.64 bits per heavy atom. The number of nitrogens with one attached hydrogen (secondary N) is 2. The summed E-state index contributed by atoms with van der Waals surface area (Å²) in [6.45, 7) is 7.30. The van der Waals surface area contributed by atoms with E-state index >= 15 is 0 Å². The second-order valence-electron chi connectivity index (χ2n) is 3.04. The molecule has 0 aromatic rings. The van der Waals surface area contributed by atoms with Crippen molar-refractivity contribution in [1.29, 1.82) is 0 Å². The van der Waals surface area contributed by atoms with Gasteiger partial charge in [-0.1, -0.05) is 12.2 Å².